The second-order valence-corrected chi connectivity index (χ2v) is 8.32. The van der Waals surface area contributed by atoms with E-state index in [0.717, 1.165) is 18.6 Å². The monoisotopic (exact) mass is 485 g/mol. The molecule has 0 radical (unpaired) electrons. The summed E-state index contributed by atoms with van der Waals surface area (Å²) < 4.78 is 23.1. The van der Waals surface area contributed by atoms with Gasteiger partial charge in [-0.3, -0.25) is 9.59 Å². The van der Waals surface area contributed by atoms with Crippen molar-refractivity contribution in [1.82, 2.24) is 5.32 Å². The second kappa shape index (κ2) is 12.9. The highest BCUT2D eigenvalue weighted by Gasteiger charge is 2.23. The molecule has 190 valence electrons. The number of nitrogens with one attached hydrogen (secondary N) is 1. The van der Waals surface area contributed by atoms with E-state index in [4.69, 9.17) is 18.9 Å². The van der Waals surface area contributed by atoms with Crippen LogP contribution < -0.4 is 24.3 Å². The van der Waals surface area contributed by atoms with Crippen LogP contribution in [0.15, 0.2) is 36.4 Å². The summed E-state index contributed by atoms with van der Waals surface area (Å²) in [6, 6.07) is 9.70. The third-order valence-corrected chi connectivity index (χ3v) is 5.74. The molecular weight excluding hydrogens is 450 g/mol. The van der Waals surface area contributed by atoms with Gasteiger partial charge in [0.05, 0.1) is 38.4 Å². The first-order chi connectivity index (χ1) is 16.9. The van der Waals surface area contributed by atoms with Crippen molar-refractivity contribution in [3.63, 3.8) is 0 Å². The standard InChI is InChI=1S/C27H35NO7/c1-4-32-23-15-19(16-24(33-5-2)26(23)34-6-3)27(31)28-22(17-25(29)30)18-11-13-21(14-12-18)35-20-9-7-8-10-20/h11-16,20,22H,4-10,17H2,1-3H3,(H,28,31)(H,29,30)/t22-/m0/s1. The molecule has 0 heterocycles. The van der Waals surface area contributed by atoms with Crippen LogP contribution in [0.1, 0.15) is 74.8 Å². The van der Waals surface area contributed by atoms with Gasteiger partial charge in [0.1, 0.15) is 5.75 Å². The summed E-state index contributed by atoms with van der Waals surface area (Å²) in [6.45, 7) is 6.71. The lowest BCUT2D eigenvalue weighted by Gasteiger charge is -2.20. The summed E-state index contributed by atoms with van der Waals surface area (Å²) in [6.07, 6.45) is 4.43. The van der Waals surface area contributed by atoms with E-state index in [-0.39, 0.29) is 18.1 Å². The first kappa shape index (κ1) is 26.2. The van der Waals surface area contributed by atoms with Crippen LogP contribution in [0.5, 0.6) is 23.0 Å². The Morgan fingerprint density at radius 3 is 2.03 bits per heavy atom. The molecule has 0 aliphatic heterocycles. The number of carboxylic acids is 1. The Kier molecular flexibility index (Phi) is 9.64. The normalized spacial score (nSPS) is 14.3. The van der Waals surface area contributed by atoms with Crippen molar-refractivity contribution < 1.29 is 33.6 Å². The van der Waals surface area contributed by atoms with Gasteiger partial charge in [-0.25, -0.2) is 0 Å². The average molecular weight is 486 g/mol. The molecule has 8 heteroatoms. The molecule has 35 heavy (non-hydrogen) atoms. The van der Waals surface area contributed by atoms with Crippen molar-refractivity contribution in [2.24, 2.45) is 0 Å². The minimum atomic E-state index is -1.02. The lowest BCUT2D eigenvalue weighted by Crippen LogP contribution is -2.30. The highest BCUT2D eigenvalue weighted by atomic mass is 16.5. The minimum absolute atomic E-state index is 0.231. The lowest BCUT2D eigenvalue weighted by molar-refractivity contribution is -0.137. The number of benzene rings is 2. The molecule has 1 atom stereocenters. The van der Waals surface area contributed by atoms with Crippen LogP contribution in [0.2, 0.25) is 0 Å². The van der Waals surface area contributed by atoms with E-state index in [1.807, 2.05) is 32.9 Å². The van der Waals surface area contributed by atoms with Gasteiger partial charge in [-0.15, -0.1) is 0 Å². The topological polar surface area (TPSA) is 103 Å². The smallest absolute Gasteiger partial charge is 0.305 e. The molecule has 1 aliphatic carbocycles. The number of carboxylic acid groups (broad SMARTS) is 1. The number of hydrogen-bond donors (Lipinski definition) is 2. The van der Waals surface area contributed by atoms with Crippen LogP contribution in [0, 0.1) is 0 Å². The zero-order valence-corrected chi connectivity index (χ0v) is 20.7. The Morgan fingerprint density at radius 2 is 1.51 bits per heavy atom. The van der Waals surface area contributed by atoms with E-state index < -0.39 is 17.9 Å². The molecule has 3 rings (SSSR count). The van der Waals surface area contributed by atoms with Crippen LogP contribution >= 0.6 is 0 Å². The predicted octanol–water partition coefficient (Wildman–Crippen LogP) is 5.15. The molecule has 0 bridgehead atoms. The molecule has 0 aromatic heterocycles. The van der Waals surface area contributed by atoms with Gasteiger partial charge in [-0.05, 0) is 76.3 Å². The van der Waals surface area contributed by atoms with E-state index in [1.165, 1.54) is 12.8 Å². The molecule has 1 saturated carbocycles. The van der Waals surface area contributed by atoms with Crippen molar-refractivity contribution >= 4 is 11.9 Å². The van der Waals surface area contributed by atoms with E-state index >= 15 is 0 Å². The SMILES string of the molecule is CCOc1cc(C(=O)N[C@@H](CC(=O)O)c2ccc(OC3CCCC3)cc2)cc(OCC)c1OCC. The van der Waals surface area contributed by atoms with Gasteiger partial charge in [0.25, 0.3) is 5.91 Å². The summed E-state index contributed by atoms with van der Waals surface area (Å²) in [5.74, 6) is 0.524. The number of amides is 1. The fourth-order valence-corrected chi connectivity index (χ4v) is 4.17. The second-order valence-electron chi connectivity index (χ2n) is 8.32. The third-order valence-electron chi connectivity index (χ3n) is 5.74. The molecule has 2 aromatic carbocycles. The number of ether oxygens (including phenoxy) is 4. The van der Waals surface area contributed by atoms with Gasteiger partial charge in [0.2, 0.25) is 5.75 Å². The number of aliphatic carboxylic acids is 1. The Balaban J connectivity index is 1.82. The van der Waals surface area contributed by atoms with Crippen LogP contribution in [0.4, 0.5) is 0 Å². The summed E-state index contributed by atoms with van der Waals surface area (Å²) in [4.78, 5) is 24.8. The number of hydrogen-bond acceptors (Lipinski definition) is 6. The first-order valence-electron chi connectivity index (χ1n) is 12.3. The summed E-state index contributed by atoms with van der Waals surface area (Å²) in [5.41, 5.74) is 0.970. The first-order valence-corrected chi connectivity index (χ1v) is 12.3. The van der Waals surface area contributed by atoms with Crippen molar-refractivity contribution in [3.05, 3.63) is 47.5 Å². The van der Waals surface area contributed by atoms with Crippen LogP contribution in [0.25, 0.3) is 0 Å². The highest BCUT2D eigenvalue weighted by Crippen LogP contribution is 2.39. The van der Waals surface area contributed by atoms with E-state index in [9.17, 15) is 14.7 Å². The maximum atomic E-state index is 13.2. The largest absolute Gasteiger partial charge is 0.490 e. The van der Waals surface area contributed by atoms with Crippen LogP contribution in [-0.2, 0) is 4.79 Å². The van der Waals surface area contributed by atoms with Gasteiger partial charge in [-0.1, -0.05) is 12.1 Å². The Labute approximate surface area is 206 Å². The zero-order valence-electron chi connectivity index (χ0n) is 20.7. The maximum Gasteiger partial charge on any atom is 0.305 e. The Bertz CT molecular complexity index is 957. The lowest BCUT2D eigenvalue weighted by atomic mass is 10.0. The molecule has 1 amide bonds. The fourth-order valence-electron chi connectivity index (χ4n) is 4.17. The van der Waals surface area contributed by atoms with Gasteiger partial charge >= 0.3 is 5.97 Å². The van der Waals surface area contributed by atoms with Crippen molar-refractivity contribution in [2.75, 3.05) is 19.8 Å². The number of carbonyl (C=O) groups is 2. The van der Waals surface area contributed by atoms with Crippen LogP contribution in [0.3, 0.4) is 0 Å². The fraction of sp³-hybridized carbons (Fsp3) is 0.481. The van der Waals surface area contributed by atoms with Crippen LogP contribution in [-0.4, -0.2) is 42.9 Å². The molecule has 8 nitrogen and oxygen atoms in total. The molecule has 2 aromatic rings. The maximum absolute atomic E-state index is 13.2. The quantitative estimate of drug-likeness (QED) is 0.404. The summed E-state index contributed by atoms with van der Waals surface area (Å²) in [5, 5.41) is 12.3. The molecule has 2 N–H and O–H groups in total. The third kappa shape index (κ3) is 7.28. The van der Waals surface area contributed by atoms with Gasteiger partial charge in [-0.2, -0.15) is 0 Å². The molecule has 0 unspecified atom stereocenters. The highest BCUT2D eigenvalue weighted by molar-refractivity contribution is 5.96. The molecule has 1 aliphatic rings. The molecular formula is C27H35NO7. The van der Waals surface area contributed by atoms with Crippen molar-refractivity contribution in [2.45, 2.75) is 65.0 Å². The number of rotatable bonds is 13. The Hall–Kier alpha value is -3.42. The predicted molar refractivity (Wildman–Crippen MR) is 132 cm³/mol. The van der Waals surface area contributed by atoms with Crippen molar-refractivity contribution in [1.29, 1.82) is 0 Å². The molecule has 0 spiro atoms. The summed E-state index contributed by atoms with van der Waals surface area (Å²) >= 11 is 0. The Morgan fingerprint density at radius 1 is 0.943 bits per heavy atom. The van der Waals surface area contributed by atoms with E-state index in [0.29, 0.717) is 42.6 Å². The van der Waals surface area contributed by atoms with Gasteiger partial charge < -0.3 is 29.4 Å². The molecule has 1 fully saturated rings. The number of carbonyl (C=O) groups excluding carboxylic acids is 1. The average Bonchev–Trinajstić information content (AvgIpc) is 3.34. The van der Waals surface area contributed by atoms with Gasteiger partial charge in [0.15, 0.2) is 11.5 Å². The molecule has 0 saturated heterocycles. The van der Waals surface area contributed by atoms with Gasteiger partial charge in [0, 0.05) is 5.56 Å². The van der Waals surface area contributed by atoms with Crippen molar-refractivity contribution in [3.8, 4) is 23.0 Å². The van der Waals surface area contributed by atoms with E-state index in [1.54, 1.807) is 24.3 Å². The van der Waals surface area contributed by atoms with E-state index in [2.05, 4.69) is 5.32 Å². The summed E-state index contributed by atoms with van der Waals surface area (Å²) in [7, 11) is 0. The minimum Gasteiger partial charge on any atom is -0.490 e. The zero-order chi connectivity index (χ0) is 25.2.